The van der Waals surface area contributed by atoms with E-state index in [0.717, 1.165) is 0 Å². The van der Waals surface area contributed by atoms with Crippen LogP contribution in [0.1, 0.15) is 11.5 Å². The summed E-state index contributed by atoms with van der Waals surface area (Å²) in [7, 11) is 0. The zero-order chi connectivity index (χ0) is 17.1. The molecule has 0 radical (unpaired) electrons. The van der Waals surface area contributed by atoms with Crippen molar-refractivity contribution >= 4 is 33.6 Å². The van der Waals surface area contributed by atoms with Crippen LogP contribution in [0.25, 0.3) is 22.0 Å². The van der Waals surface area contributed by atoms with Gasteiger partial charge in [-0.1, -0.05) is 35.9 Å². The summed E-state index contributed by atoms with van der Waals surface area (Å²) >= 11 is 6.15. The van der Waals surface area contributed by atoms with Crippen molar-refractivity contribution in [1.29, 1.82) is 0 Å². The van der Waals surface area contributed by atoms with E-state index in [0.29, 0.717) is 16.5 Å². The molecule has 0 amide bonds. The highest BCUT2D eigenvalue weighted by Gasteiger charge is 2.09. The van der Waals surface area contributed by atoms with Gasteiger partial charge in [-0.15, -0.1) is 0 Å². The SMILES string of the molecule is O=c1oc(/C(Cl)=C/c2ccc(OC(F)F)cc2)nc2ccccc12. The minimum atomic E-state index is -2.88. The van der Waals surface area contributed by atoms with Crippen molar-refractivity contribution in [1.82, 2.24) is 4.98 Å². The quantitative estimate of drug-likeness (QED) is 0.694. The highest BCUT2D eigenvalue weighted by atomic mass is 35.5. The van der Waals surface area contributed by atoms with Crippen LogP contribution in [-0.4, -0.2) is 11.6 Å². The maximum absolute atomic E-state index is 12.1. The van der Waals surface area contributed by atoms with Gasteiger partial charge in [0, 0.05) is 0 Å². The summed E-state index contributed by atoms with van der Waals surface area (Å²) in [6.07, 6.45) is 1.51. The number of benzene rings is 2. The van der Waals surface area contributed by atoms with E-state index in [1.165, 1.54) is 18.2 Å². The lowest BCUT2D eigenvalue weighted by Crippen LogP contribution is -2.03. The molecule has 0 bridgehead atoms. The lowest BCUT2D eigenvalue weighted by Gasteiger charge is -2.04. The molecule has 0 aliphatic heterocycles. The molecule has 0 unspecified atom stereocenters. The lowest BCUT2D eigenvalue weighted by molar-refractivity contribution is -0.0498. The van der Waals surface area contributed by atoms with E-state index in [2.05, 4.69) is 9.72 Å². The number of para-hydroxylation sites is 1. The van der Waals surface area contributed by atoms with E-state index in [1.54, 1.807) is 36.4 Å². The lowest BCUT2D eigenvalue weighted by atomic mass is 10.2. The number of rotatable bonds is 4. The Kier molecular flexibility index (Phi) is 4.57. The highest BCUT2D eigenvalue weighted by molar-refractivity contribution is 6.50. The first-order valence-electron chi connectivity index (χ1n) is 6.85. The first-order valence-corrected chi connectivity index (χ1v) is 7.23. The summed E-state index contributed by atoms with van der Waals surface area (Å²) < 4.78 is 33.6. The molecule has 1 heterocycles. The molecule has 122 valence electrons. The van der Waals surface area contributed by atoms with E-state index < -0.39 is 12.2 Å². The average molecular weight is 350 g/mol. The van der Waals surface area contributed by atoms with Crippen LogP contribution in [0.3, 0.4) is 0 Å². The molecule has 1 aromatic heterocycles. The van der Waals surface area contributed by atoms with Crippen molar-refractivity contribution < 1.29 is 17.9 Å². The molecule has 2 aromatic carbocycles. The summed E-state index contributed by atoms with van der Waals surface area (Å²) in [4.78, 5) is 16.1. The fraction of sp³-hybridized carbons (Fsp3) is 0.0588. The monoisotopic (exact) mass is 349 g/mol. The predicted molar refractivity (Wildman–Crippen MR) is 87.1 cm³/mol. The largest absolute Gasteiger partial charge is 0.435 e. The second kappa shape index (κ2) is 6.80. The smallest absolute Gasteiger partial charge is 0.387 e. The number of hydrogen-bond donors (Lipinski definition) is 0. The van der Waals surface area contributed by atoms with Gasteiger partial charge < -0.3 is 9.15 Å². The van der Waals surface area contributed by atoms with Crippen LogP contribution in [0.5, 0.6) is 5.75 Å². The van der Waals surface area contributed by atoms with Crippen molar-refractivity contribution in [2.24, 2.45) is 0 Å². The molecule has 0 fully saturated rings. The molecule has 0 spiro atoms. The van der Waals surface area contributed by atoms with Crippen LogP contribution in [0.15, 0.2) is 57.7 Å². The van der Waals surface area contributed by atoms with Gasteiger partial charge in [0.05, 0.1) is 10.9 Å². The van der Waals surface area contributed by atoms with Crippen LogP contribution < -0.4 is 10.4 Å². The molecule has 0 saturated heterocycles. The van der Waals surface area contributed by atoms with E-state index >= 15 is 0 Å². The van der Waals surface area contributed by atoms with Gasteiger partial charge in [0.2, 0.25) is 5.89 Å². The highest BCUT2D eigenvalue weighted by Crippen LogP contribution is 2.23. The van der Waals surface area contributed by atoms with Crippen LogP contribution in [0, 0.1) is 0 Å². The standard InChI is InChI=1S/C17H10ClF2NO3/c18-13(9-10-5-7-11(8-6-10)23-17(19)20)15-21-14-4-2-1-3-12(14)16(22)24-15/h1-9,17H/b13-9-. The van der Waals surface area contributed by atoms with E-state index in [4.69, 9.17) is 16.0 Å². The summed E-state index contributed by atoms with van der Waals surface area (Å²) in [5.41, 5.74) is 0.540. The maximum Gasteiger partial charge on any atom is 0.387 e. The second-order valence-electron chi connectivity index (χ2n) is 4.76. The number of fused-ring (bicyclic) bond motifs is 1. The van der Waals surface area contributed by atoms with E-state index in [1.807, 2.05) is 0 Å². The van der Waals surface area contributed by atoms with Crippen molar-refractivity contribution in [3.63, 3.8) is 0 Å². The van der Waals surface area contributed by atoms with E-state index in [-0.39, 0.29) is 16.7 Å². The van der Waals surface area contributed by atoms with Gasteiger partial charge in [-0.05, 0) is 35.9 Å². The molecule has 0 atom stereocenters. The third kappa shape index (κ3) is 3.60. The van der Waals surface area contributed by atoms with Crippen LogP contribution in [-0.2, 0) is 0 Å². The summed E-state index contributed by atoms with van der Waals surface area (Å²) in [5.74, 6) is 0.0157. The van der Waals surface area contributed by atoms with Gasteiger partial charge in [0.15, 0.2) is 0 Å². The van der Waals surface area contributed by atoms with Gasteiger partial charge in [-0.2, -0.15) is 8.78 Å². The first-order chi connectivity index (χ1) is 11.5. The Hall–Kier alpha value is -2.73. The van der Waals surface area contributed by atoms with Crippen molar-refractivity contribution in [2.75, 3.05) is 0 Å². The third-order valence-corrected chi connectivity index (χ3v) is 3.41. The van der Waals surface area contributed by atoms with E-state index in [9.17, 15) is 13.6 Å². The van der Waals surface area contributed by atoms with Gasteiger partial charge in [0.1, 0.15) is 10.8 Å². The third-order valence-electron chi connectivity index (χ3n) is 3.14. The molecule has 3 aromatic rings. The van der Waals surface area contributed by atoms with Crippen molar-refractivity contribution in [3.8, 4) is 5.75 Å². The second-order valence-corrected chi connectivity index (χ2v) is 5.17. The number of aromatic nitrogens is 1. The van der Waals surface area contributed by atoms with Crippen LogP contribution in [0.4, 0.5) is 8.78 Å². The normalized spacial score (nSPS) is 11.9. The molecule has 0 aliphatic rings. The zero-order valence-electron chi connectivity index (χ0n) is 12.1. The van der Waals surface area contributed by atoms with Crippen molar-refractivity contribution in [2.45, 2.75) is 6.61 Å². The average Bonchev–Trinajstić information content (AvgIpc) is 2.56. The molecule has 4 nitrogen and oxygen atoms in total. The topological polar surface area (TPSA) is 52.3 Å². The van der Waals surface area contributed by atoms with Gasteiger partial charge in [-0.3, -0.25) is 0 Å². The Balaban J connectivity index is 1.92. The molecule has 24 heavy (non-hydrogen) atoms. The number of ether oxygens (including phenoxy) is 1. The predicted octanol–water partition coefficient (Wildman–Crippen LogP) is 4.53. The first kappa shape index (κ1) is 16.1. The number of halogens is 3. The minimum Gasteiger partial charge on any atom is -0.435 e. The Morgan fingerprint density at radius 3 is 2.58 bits per heavy atom. The zero-order valence-corrected chi connectivity index (χ0v) is 12.8. The van der Waals surface area contributed by atoms with Crippen LogP contribution in [0.2, 0.25) is 0 Å². The van der Waals surface area contributed by atoms with Crippen molar-refractivity contribution in [3.05, 3.63) is 70.4 Å². The number of hydrogen-bond acceptors (Lipinski definition) is 4. The molecular formula is C17H10ClF2NO3. The molecular weight excluding hydrogens is 340 g/mol. The molecule has 0 saturated carbocycles. The molecule has 0 N–H and O–H groups in total. The minimum absolute atomic E-state index is 0.0201. The van der Waals surface area contributed by atoms with Gasteiger partial charge in [0.25, 0.3) is 0 Å². The molecule has 3 rings (SSSR count). The van der Waals surface area contributed by atoms with Crippen LogP contribution >= 0.6 is 11.6 Å². The summed E-state index contributed by atoms with van der Waals surface area (Å²) in [6.45, 7) is -2.88. The molecule has 7 heteroatoms. The Labute approximate surface area is 140 Å². The van der Waals surface area contributed by atoms with Gasteiger partial charge >= 0.3 is 12.2 Å². The maximum atomic E-state index is 12.1. The Bertz CT molecular complexity index is 952. The van der Waals surface area contributed by atoms with Gasteiger partial charge in [-0.25, -0.2) is 9.78 Å². The Morgan fingerprint density at radius 1 is 1.17 bits per heavy atom. The Morgan fingerprint density at radius 2 is 1.88 bits per heavy atom. The number of alkyl halides is 2. The number of nitrogens with zero attached hydrogens (tertiary/aromatic N) is 1. The molecule has 0 aliphatic carbocycles. The fourth-order valence-electron chi connectivity index (χ4n) is 2.07. The summed E-state index contributed by atoms with van der Waals surface area (Å²) in [6, 6.07) is 12.6. The summed E-state index contributed by atoms with van der Waals surface area (Å²) in [5, 5.41) is 0.472. The fourth-order valence-corrected chi connectivity index (χ4v) is 2.28.